The van der Waals surface area contributed by atoms with Crippen LogP contribution in [0.25, 0.3) is 0 Å². The monoisotopic (exact) mass is 530 g/mol. The second-order valence-corrected chi connectivity index (χ2v) is 10.5. The van der Waals surface area contributed by atoms with Crippen molar-refractivity contribution in [2.75, 3.05) is 11.4 Å². The highest BCUT2D eigenvalue weighted by Gasteiger charge is 2.34. The van der Waals surface area contributed by atoms with E-state index < -0.39 is 10.0 Å². The zero-order valence-corrected chi connectivity index (χ0v) is 19.8. The first kappa shape index (κ1) is 20.9. The Labute approximate surface area is 192 Å². The van der Waals surface area contributed by atoms with Crippen molar-refractivity contribution in [2.24, 2.45) is 0 Å². The molecule has 4 rings (SSSR count). The molecule has 30 heavy (non-hydrogen) atoms. The van der Waals surface area contributed by atoms with Gasteiger partial charge in [0.1, 0.15) is 0 Å². The lowest BCUT2D eigenvalue weighted by Gasteiger charge is -2.41. The van der Waals surface area contributed by atoms with Gasteiger partial charge in [-0.2, -0.15) is 0 Å². The quantitative estimate of drug-likeness (QED) is 0.406. The number of nitrogens with zero attached hydrogens (tertiary/aromatic N) is 2. The molecule has 0 bridgehead atoms. The third kappa shape index (κ3) is 4.11. The molecule has 0 fully saturated rings. The maximum absolute atomic E-state index is 13.4. The molecule has 154 valence electrons. The van der Waals surface area contributed by atoms with E-state index in [1.807, 2.05) is 50.4 Å². The lowest BCUT2D eigenvalue weighted by Crippen LogP contribution is -2.43. The Morgan fingerprint density at radius 3 is 2.13 bits per heavy atom. The number of benzene rings is 3. The SMILES string of the molecule is CC1=CN(c2ccc(I)cc2)C(c2ccccc2)CN1S(=O)(=O)c1ccc(C)cc1. The maximum atomic E-state index is 13.4. The number of halogens is 1. The van der Waals surface area contributed by atoms with Crippen LogP contribution in [0.1, 0.15) is 24.1 Å². The molecule has 4 nitrogen and oxygen atoms in total. The van der Waals surface area contributed by atoms with Crippen LogP contribution in [0.15, 0.2) is 95.7 Å². The average Bonchev–Trinajstić information content (AvgIpc) is 2.75. The number of aryl methyl sites for hydroxylation is 1. The van der Waals surface area contributed by atoms with Crippen LogP contribution in [0.5, 0.6) is 0 Å². The molecule has 0 saturated heterocycles. The van der Waals surface area contributed by atoms with Crippen molar-refractivity contribution in [2.45, 2.75) is 24.8 Å². The maximum Gasteiger partial charge on any atom is 0.264 e. The molecule has 1 unspecified atom stereocenters. The molecule has 0 radical (unpaired) electrons. The molecule has 3 aromatic carbocycles. The molecule has 1 atom stereocenters. The minimum Gasteiger partial charge on any atom is -0.337 e. The summed E-state index contributed by atoms with van der Waals surface area (Å²) in [5.41, 5.74) is 3.84. The summed E-state index contributed by atoms with van der Waals surface area (Å²) in [6.45, 7) is 4.15. The first-order valence-electron chi connectivity index (χ1n) is 9.73. The molecule has 1 heterocycles. The van der Waals surface area contributed by atoms with Crippen LogP contribution < -0.4 is 4.90 Å². The van der Waals surface area contributed by atoms with Crippen LogP contribution in [-0.2, 0) is 10.0 Å². The zero-order chi connectivity index (χ0) is 21.3. The first-order valence-corrected chi connectivity index (χ1v) is 12.2. The molecule has 3 aromatic rings. The van der Waals surface area contributed by atoms with Gasteiger partial charge >= 0.3 is 0 Å². The highest BCUT2D eigenvalue weighted by Crippen LogP contribution is 2.36. The summed E-state index contributed by atoms with van der Waals surface area (Å²) in [6, 6.07) is 25.2. The molecule has 0 saturated carbocycles. The average molecular weight is 530 g/mol. The summed E-state index contributed by atoms with van der Waals surface area (Å²) < 4.78 is 29.6. The summed E-state index contributed by atoms with van der Waals surface area (Å²) in [6.07, 6.45) is 1.94. The zero-order valence-electron chi connectivity index (χ0n) is 16.9. The van der Waals surface area contributed by atoms with Crippen LogP contribution in [0.2, 0.25) is 0 Å². The van der Waals surface area contributed by atoms with Gasteiger partial charge in [-0.15, -0.1) is 0 Å². The summed E-state index contributed by atoms with van der Waals surface area (Å²) in [5, 5.41) is 0. The fourth-order valence-corrected chi connectivity index (χ4v) is 5.54. The third-order valence-corrected chi connectivity index (χ3v) is 7.92. The second kappa shape index (κ2) is 8.43. The number of anilines is 1. The standard InChI is InChI=1S/C24H23IN2O2S/c1-18-8-14-23(15-9-18)30(28,29)27-17-24(20-6-4-3-5-7-20)26(16-19(27)2)22-12-10-21(25)11-13-22/h3-16,24H,17H2,1-2H3. The Balaban J connectivity index is 1.79. The molecular formula is C24H23IN2O2S. The Kier molecular flexibility index (Phi) is 5.88. The topological polar surface area (TPSA) is 40.6 Å². The van der Waals surface area contributed by atoms with Crippen molar-refractivity contribution in [1.29, 1.82) is 0 Å². The number of allylic oxidation sites excluding steroid dienone is 1. The predicted octanol–water partition coefficient (Wildman–Crippen LogP) is 5.71. The van der Waals surface area contributed by atoms with Crippen molar-refractivity contribution in [3.8, 4) is 0 Å². The Morgan fingerprint density at radius 1 is 0.867 bits per heavy atom. The summed E-state index contributed by atoms with van der Waals surface area (Å²) in [7, 11) is -3.64. The fraction of sp³-hybridized carbons (Fsp3) is 0.167. The second-order valence-electron chi connectivity index (χ2n) is 7.43. The van der Waals surface area contributed by atoms with Gasteiger partial charge in [-0.3, -0.25) is 4.31 Å². The number of rotatable bonds is 4. The van der Waals surface area contributed by atoms with E-state index in [0.29, 0.717) is 17.1 Å². The van der Waals surface area contributed by atoms with Crippen molar-refractivity contribution >= 4 is 38.3 Å². The van der Waals surface area contributed by atoms with E-state index in [1.54, 1.807) is 12.1 Å². The summed E-state index contributed by atoms with van der Waals surface area (Å²) >= 11 is 2.29. The van der Waals surface area contributed by atoms with Crippen LogP contribution in [0, 0.1) is 10.5 Å². The molecule has 6 heteroatoms. The molecule has 1 aliphatic rings. The van der Waals surface area contributed by atoms with Crippen LogP contribution >= 0.6 is 22.6 Å². The van der Waals surface area contributed by atoms with E-state index in [4.69, 9.17) is 0 Å². The number of hydrogen-bond acceptors (Lipinski definition) is 3. The van der Waals surface area contributed by atoms with E-state index in [9.17, 15) is 8.42 Å². The van der Waals surface area contributed by atoms with Gasteiger partial charge in [-0.25, -0.2) is 8.42 Å². The van der Waals surface area contributed by atoms with Gasteiger partial charge in [0, 0.05) is 21.2 Å². The lowest BCUT2D eigenvalue weighted by molar-refractivity contribution is 0.420. The van der Waals surface area contributed by atoms with Crippen molar-refractivity contribution in [3.63, 3.8) is 0 Å². The van der Waals surface area contributed by atoms with Crippen LogP contribution in [-0.4, -0.2) is 19.3 Å². The highest BCUT2D eigenvalue weighted by molar-refractivity contribution is 14.1. The van der Waals surface area contributed by atoms with Crippen LogP contribution in [0.4, 0.5) is 5.69 Å². The largest absolute Gasteiger partial charge is 0.337 e. The van der Waals surface area contributed by atoms with E-state index in [1.165, 1.54) is 4.31 Å². The Bertz CT molecular complexity index is 1160. The van der Waals surface area contributed by atoms with Crippen LogP contribution in [0.3, 0.4) is 0 Å². The van der Waals surface area contributed by atoms with Gasteiger partial charge in [0.2, 0.25) is 0 Å². The summed E-state index contributed by atoms with van der Waals surface area (Å²) in [5.74, 6) is 0. The van der Waals surface area contributed by atoms with E-state index >= 15 is 0 Å². The van der Waals surface area contributed by atoms with Gasteiger partial charge in [-0.1, -0.05) is 48.0 Å². The van der Waals surface area contributed by atoms with E-state index in [0.717, 1.165) is 20.4 Å². The van der Waals surface area contributed by atoms with Gasteiger partial charge in [0.25, 0.3) is 10.0 Å². The highest BCUT2D eigenvalue weighted by atomic mass is 127. The molecule has 0 spiro atoms. The molecule has 0 amide bonds. The minimum atomic E-state index is -3.64. The van der Waals surface area contributed by atoms with E-state index in [-0.39, 0.29) is 6.04 Å². The van der Waals surface area contributed by atoms with Gasteiger partial charge in [0.15, 0.2) is 0 Å². The summed E-state index contributed by atoms with van der Waals surface area (Å²) in [4.78, 5) is 2.48. The number of sulfonamides is 1. The van der Waals surface area contributed by atoms with Gasteiger partial charge < -0.3 is 4.90 Å². The smallest absolute Gasteiger partial charge is 0.264 e. The molecular weight excluding hydrogens is 507 g/mol. The van der Waals surface area contributed by atoms with Gasteiger partial charge in [0.05, 0.1) is 17.5 Å². The first-order chi connectivity index (χ1) is 14.4. The number of hydrogen-bond donors (Lipinski definition) is 0. The molecule has 0 aliphatic carbocycles. The Hall–Kier alpha value is -2.32. The van der Waals surface area contributed by atoms with E-state index in [2.05, 4.69) is 63.9 Å². The fourth-order valence-electron chi connectivity index (χ4n) is 3.68. The Morgan fingerprint density at radius 2 is 1.50 bits per heavy atom. The van der Waals surface area contributed by atoms with Crippen molar-refractivity contribution in [3.05, 3.63) is 105 Å². The molecule has 0 N–H and O–H groups in total. The molecule has 0 aromatic heterocycles. The lowest BCUT2D eigenvalue weighted by atomic mass is 10.0. The van der Waals surface area contributed by atoms with Crippen molar-refractivity contribution in [1.82, 2.24) is 4.31 Å². The van der Waals surface area contributed by atoms with Gasteiger partial charge in [-0.05, 0) is 78.4 Å². The minimum absolute atomic E-state index is 0.129. The normalized spacial score (nSPS) is 17.0. The molecule has 1 aliphatic heterocycles. The van der Waals surface area contributed by atoms with Crippen molar-refractivity contribution < 1.29 is 8.42 Å². The predicted molar refractivity (Wildman–Crippen MR) is 130 cm³/mol. The third-order valence-electron chi connectivity index (χ3n) is 5.31.